The van der Waals surface area contributed by atoms with Crippen molar-refractivity contribution in [1.29, 1.82) is 0 Å². The summed E-state index contributed by atoms with van der Waals surface area (Å²) in [6.07, 6.45) is 5.58. The van der Waals surface area contributed by atoms with E-state index in [0.717, 1.165) is 63.4 Å². The van der Waals surface area contributed by atoms with Gasteiger partial charge in [0.05, 0.1) is 0 Å². The fourth-order valence-electron chi connectivity index (χ4n) is 3.29. The molecule has 1 atom stereocenters. The van der Waals surface area contributed by atoms with Gasteiger partial charge in [0.2, 0.25) is 0 Å². The molecule has 1 aliphatic heterocycles. The molecule has 0 saturated carbocycles. The summed E-state index contributed by atoms with van der Waals surface area (Å²) >= 11 is 5.81. The average Bonchev–Trinajstić information content (AvgIpc) is 2.67. The molecule has 2 heterocycles. The number of carbonyl (C=O) groups is 1. The van der Waals surface area contributed by atoms with Crippen LogP contribution in [0.1, 0.15) is 45.6 Å². The molecule has 0 radical (unpaired) electrons. The van der Waals surface area contributed by atoms with Crippen molar-refractivity contribution in [2.24, 2.45) is 10.9 Å². The van der Waals surface area contributed by atoms with E-state index in [-0.39, 0.29) is 6.09 Å². The number of nitrogens with one attached hydrogen (secondary N) is 2. The van der Waals surface area contributed by atoms with Crippen LogP contribution < -0.4 is 10.6 Å². The quantitative estimate of drug-likeness (QED) is 0.416. The Bertz CT molecular complexity index is 673. The van der Waals surface area contributed by atoms with Gasteiger partial charge in [0.1, 0.15) is 10.8 Å². The van der Waals surface area contributed by atoms with Gasteiger partial charge in [-0.15, -0.1) is 0 Å². The van der Waals surface area contributed by atoms with Gasteiger partial charge in [-0.05, 0) is 64.0 Å². The number of aromatic nitrogens is 1. The van der Waals surface area contributed by atoms with Crippen molar-refractivity contribution in [2.45, 2.75) is 52.1 Å². The summed E-state index contributed by atoms with van der Waals surface area (Å²) < 4.78 is 5.50. The maximum atomic E-state index is 12.3. The second-order valence-corrected chi connectivity index (χ2v) is 8.78. The van der Waals surface area contributed by atoms with Gasteiger partial charge in [-0.1, -0.05) is 17.7 Å². The third-order valence-corrected chi connectivity index (χ3v) is 4.96. The maximum Gasteiger partial charge on any atom is 0.410 e. The highest BCUT2D eigenvalue weighted by molar-refractivity contribution is 6.29. The summed E-state index contributed by atoms with van der Waals surface area (Å²) in [5.41, 5.74) is 0.674. The Hall–Kier alpha value is -2.02. The Morgan fingerprint density at radius 3 is 2.76 bits per heavy atom. The molecule has 1 aromatic heterocycles. The van der Waals surface area contributed by atoms with Crippen LogP contribution in [-0.2, 0) is 11.2 Å². The van der Waals surface area contributed by atoms with Gasteiger partial charge in [-0.2, -0.15) is 0 Å². The minimum atomic E-state index is -0.453. The standard InChI is InChI=1S/C21H34ClN5O2/c1-21(2,3)29-20(28)27-13-5-6-17(15-27)10-12-25-19(23-4)24-11-9-16-7-8-18(22)26-14-16/h7-8,14,17H,5-6,9-13,15H2,1-4H3,(H2,23,24,25). The number of halogens is 1. The number of amides is 1. The molecule has 2 rings (SSSR count). The first kappa shape index (κ1) is 23.3. The lowest BCUT2D eigenvalue weighted by molar-refractivity contribution is 0.0162. The van der Waals surface area contributed by atoms with Crippen LogP contribution >= 0.6 is 11.6 Å². The van der Waals surface area contributed by atoms with Crippen molar-refractivity contribution >= 4 is 23.7 Å². The number of piperidine rings is 1. The lowest BCUT2D eigenvalue weighted by atomic mass is 9.95. The maximum absolute atomic E-state index is 12.3. The van der Waals surface area contributed by atoms with Crippen molar-refractivity contribution in [3.05, 3.63) is 29.0 Å². The van der Waals surface area contributed by atoms with E-state index >= 15 is 0 Å². The van der Waals surface area contributed by atoms with Crippen LogP contribution in [0.3, 0.4) is 0 Å². The normalized spacial score (nSPS) is 17.8. The molecule has 1 unspecified atom stereocenters. The average molecular weight is 424 g/mol. The summed E-state index contributed by atoms with van der Waals surface area (Å²) in [5.74, 6) is 1.26. The molecule has 7 nitrogen and oxygen atoms in total. The molecule has 0 aromatic carbocycles. The predicted octanol–water partition coefficient (Wildman–Crippen LogP) is 3.48. The monoisotopic (exact) mass is 423 g/mol. The third kappa shape index (κ3) is 8.90. The molecule has 2 N–H and O–H groups in total. The number of pyridine rings is 1. The highest BCUT2D eigenvalue weighted by Gasteiger charge is 2.27. The highest BCUT2D eigenvalue weighted by Crippen LogP contribution is 2.21. The molecule has 1 amide bonds. The van der Waals surface area contributed by atoms with Gasteiger partial charge < -0.3 is 20.3 Å². The summed E-state index contributed by atoms with van der Waals surface area (Å²) in [6, 6.07) is 3.78. The van der Waals surface area contributed by atoms with Crippen LogP contribution in [0.15, 0.2) is 23.3 Å². The number of nitrogens with zero attached hydrogens (tertiary/aromatic N) is 3. The van der Waals surface area contributed by atoms with E-state index in [1.807, 2.05) is 31.7 Å². The zero-order valence-electron chi connectivity index (χ0n) is 18.0. The van der Waals surface area contributed by atoms with Crippen molar-refractivity contribution < 1.29 is 9.53 Å². The molecule has 8 heteroatoms. The van der Waals surface area contributed by atoms with Crippen molar-refractivity contribution in [3.8, 4) is 0 Å². The van der Waals surface area contributed by atoms with Gasteiger partial charge >= 0.3 is 6.09 Å². The molecule has 0 spiro atoms. The lowest BCUT2D eigenvalue weighted by Gasteiger charge is -2.34. The zero-order valence-corrected chi connectivity index (χ0v) is 18.8. The minimum Gasteiger partial charge on any atom is -0.444 e. The lowest BCUT2D eigenvalue weighted by Crippen LogP contribution is -2.44. The Morgan fingerprint density at radius 2 is 2.10 bits per heavy atom. The number of guanidine groups is 1. The number of likely N-dealkylation sites (tertiary alicyclic amines) is 1. The minimum absolute atomic E-state index is 0.204. The van der Waals surface area contributed by atoms with E-state index in [2.05, 4.69) is 20.6 Å². The molecule has 1 fully saturated rings. The Kier molecular flexibility index (Phi) is 9.01. The van der Waals surface area contributed by atoms with E-state index in [0.29, 0.717) is 11.1 Å². The topological polar surface area (TPSA) is 78.9 Å². The fourth-order valence-corrected chi connectivity index (χ4v) is 3.40. The first-order valence-electron chi connectivity index (χ1n) is 10.3. The van der Waals surface area contributed by atoms with Gasteiger partial charge in [0, 0.05) is 39.4 Å². The molecular formula is C21H34ClN5O2. The van der Waals surface area contributed by atoms with Crippen molar-refractivity contribution in [3.63, 3.8) is 0 Å². The Balaban J connectivity index is 1.67. The molecule has 1 saturated heterocycles. The first-order valence-corrected chi connectivity index (χ1v) is 10.7. The largest absolute Gasteiger partial charge is 0.444 e. The smallest absolute Gasteiger partial charge is 0.410 e. The highest BCUT2D eigenvalue weighted by atomic mass is 35.5. The number of hydrogen-bond donors (Lipinski definition) is 2. The fraction of sp³-hybridized carbons (Fsp3) is 0.667. The Labute approximate surface area is 179 Å². The summed E-state index contributed by atoms with van der Waals surface area (Å²) in [4.78, 5) is 22.5. The number of ether oxygens (including phenoxy) is 1. The van der Waals surface area contributed by atoms with E-state index < -0.39 is 5.60 Å². The van der Waals surface area contributed by atoms with Crippen LogP contribution in [0, 0.1) is 5.92 Å². The molecule has 0 aliphatic carbocycles. The molecule has 29 heavy (non-hydrogen) atoms. The van der Waals surface area contributed by atoms with Crippen LogP contribution in [0.2, 0.25) is 5.15 Å². The van der Waals surface area contributed by atoms with Gasteiger partial charge in [0.15, 0.2) is 5.96 Å². The number of hydrogen-bond acceptors (Lipinski definition) is 4. The van der Waals surface area contributed by atoms with E-state index in [4.69, 9.17) is 16.3 Å². The van der Waals surface area contributed by atoms with Crippen molar-refractivity contribution in [2.75, 3.05) is 33.2 Å². The van der Waals surface area contributed by atoms with Crippen LogP contribution in [0.5, 0.6) is 0 Å². The van der Waals surface area contributed by atoms with Gasteiger partial charge in [-0.3, -0.25) is 4.99 Å². The first-order chi connectivity index (χ1) is 13.8. The number of rotatable bonds is 6. The van der Waals surface area contributed by atoms with E-state index in [1.54, 1.807) is 19.3 Å². The molecule has 162 valence electrons. The van der Waals surface area contributed by atoms with Crippen LogP contribution in [0.25, 0.3) is 0 Å². The molecule has 1 aliphatic rings. The second-order valence-electron chi connectivity index (χ2n) is 8.39. The second kappa shape index (κ2) is 11.2. The Morgan fingerprint density at radius 1 is 1.34 bits per heavy atom. The predicted molar refractivity (Wildman–Crippen MR) is 117 cm³/mol. The molecule has 1 aromatic rings. The number of aliphatic imine (C=N–C) groups is 1. The van der Waals surface area contributed by atoms with Crippen molar-refractivity contribution in [1.82, 2.24) is 20.5 Å². The van der Waals surface area contributed by atoms with E-state index in [9.17, 15) is 4.79 Å². The van der Waals surface area contributed by atoms with Gasteiger partial charge in [-0.25, -0.2) is 9.78 Å². The summed E-state index contributed by atoms with van der Waals surface area (Å²) in [5, 5.41) is 7.19. The molecular weight excluding hydrogens is 390 g/mol. The van der Waals surface area contributed by atoms with Gasteiger partial charge in [0.25, 0.3) is 0 Å². The molecule has 0 bridgehead atoms. The SMILES string of the molecule is CN=C(NCCc1ccc(Cl)nc1)NCCC1CCCN(C(=O)OC(C)(C)C)C1. The number of carbonyl (C=O) groups excluding carboxylic acids is 1. The third-order valence-electron chi connectivity index (χ3n) is 4.73. The summed E-state index contributed by atoms with van der Waals surface area (Å²) in [7, 11) is 1.77. The summed E-state index contributed by atoms with van der Waals surface area (Å²) in [6.45, 7) is 8.82. The van der Waals surface area contributed by atoms with Crippen LogP contribution in [-0.4, -0.2) is 60.8 Å². The van der Waals surface area contributed by atoms with Crippen LogP contribution in [0.4, 0.5) is 4.79 Å². The zero-order chi connectivity index (χ0) is 21.3. The van der Waals surface area contributed by atoms with E-state index in [1.165, 1.54) is 0 Å².